The van der Waals surface area contributed by atoms with Crippen LogP contribution in [0.3, 0.4) is 0 Å². The number of thioether (sulfide) groups is 1. The van der Waals surface area contributed by atoms with E-state index in [4.69, 9.17) is 5.73 Å². The van der Waals surface area contributed by atoms with E-state index in [2.05, 4.69) is 21.2 Å². The number of hydrogen-bond donors (Lipinski definition) is 2. The van der Waals surface area contributed by atoms with Crippen molar-refractivity contribution in [2.75, 3.05) is 16.8 Å². The zero-order chi connectivity index (χ0) is 12.0. The van der Waals surface area contributed by atoms with Crippen LogP contribution in [-0.2, 0) is 4.79 Å². The Morgan fingerprint density at radius 2 is 2.12 bits per heavy atom. The highest BCUT2D eigenvalue weighted by atomic mass is 79.9. The molecule has 1 unspecified atom stereocenters. The molecule has 5 heteroatoms. The number of nitrogens with two attached hydrogens (primary N) is 1. The van der Waals surface area contributed by atoms with Crippen LogP contribution in [0.1, 0.15) is 6.92 Å². The van der Waals surface area contributed by atoms with Gasteiger partial charge in [-0.05, 0) is 31.2 Å². The van der Waals surface area contributed by atoms with E-state index in [1.807, 2.05) is 31.2 Å². The molecule has 1 atom stereocenters. The molecule has 0 aliphatic carbocycles. The van der Waals surface area contributed by atoms with E-state index in [0.717, 1.165) is 15.9 Å². The van der Waals surface area contributed by atoms with Gasteiger partial charge in [0, 0.05) is 22.0 Å². The highest BCUT2D eigenvalue weighted by Crippen LogP contribution is 2.14. The normalized spacial score (nSPS) is 12.2. The van der Waals surface area contributed by atoms with Crippen LogP contribution in [0.4, 0.5) is 5.69 Å². The van der Waals surface area contributed by atoms with Crippen molar-refractivity contribution in [2.24, 2.45) is 5.73 Å². The molecule has 1 aromatic rings. The van der Waals surface area contributed by atoms with Gasteiger partial charge in [-0.25, -0.2) is 0 Å². The predicted octanol–water partition coefficient (Wildman–Crippen LogP) is 2.47. The lowest BCUT2D eigenvalue weighted by molar-refractivity contribution is -0.113. The van der Waals surface area contributed by atoms with E-state index >= 15 is 0 Å². The average Bonchev–Trinajstić information content (AvgIpc) is 2.21. The molecule has 1 amide bonds. The van der Waals surface area contributed by atoms with Gasteiger partial charge in [0.25, 0.3) is 0 Å². The molecule has 88 valence electrons. The van der Waals surface area contributed by atoms with Crippen molar-refractivity contribution in [3.8, 4) is 0 Å². The molecule has 0 spiro atoms. The fraction of sp³-hybridized carbons (Fsp3) is 0.364. The number of hydrogen-bond acceptors (Lipinski definition) is 3. The van der Waals surface area contributed by atoms with E-state index in [9.17, 15) is 4.79 Å². The van der Waals surface area contributed by atoms with Gasteiger partial charge >= 0.3 is 0 Å². The van der Waals surface area contributed by atoms with Crippen molar-refractivity contribution in [3.63, 3.8) is 0 Å². The molecule has 0 bridgehead atoms. The molecule has 0 fully saturated rings. The fourth-order valence-corrected chi connectivity index (χ4v) is 2.08. The minimum absolute atomic E-state index is 0.00738. The first-order chi connectivity index (χ1) is 7.58. The third-order valence-electron chi connectivity index (χ3n) is 1.74. The summed E-state index contributed by atoms with van der Waals surface area (Å²) in [7, 11) is 0. The summed E-state index contributed by atoms with van der Waals surface area (Å²) in [5.74, 6) is 1.25. The van der Waals surface area contributed by atoms with Gasteiger partial charge < -0.3 is 11.1 Å². The van der Waals surface area contributed by atoms with Crippen LogP contribution in [0.5, 0.6) is 0 Å². The van der Waals surface area contributed by atoms with Crippen LogP contribution in [-0.4, -0.2) is 23.5 Å². The Kier molecular flexibility index (Phi) is 5.87. The van der Waals surface area contributed by atoms with Crippen LogP contribution < -0.4 is 11.1 Å². The molecule has 0 heterocycles. The van der Waals surface area contributed by atoms with Gasteiger partial charge in [-0.1, -0.05) is 15.9 Å². The molecule has 1 rings (SSSR count). The van der Waals surface area contributed by atoms with Crippen molar-refractivity contribution >= 4 is 39.3 Å². The summed E-state index contributed by atoms with van der Waals surface area (Å²) in [5, 5.41) is 2.82. The number of amides is 1. The van der Waals surface area contributed by atoms with Crippen molar-refractivity contribution in [1.82, 2.24) is 0 Å². The summed E-state index contributed by atoms with van der Waals surface area (Å²) in [6, 6.07) is 7.64. The first-order valence-electron chi connectivity index (χ1n) is 4.96. The lowest BCUT2D eigenvalue weighted by Crippen LogP contribution is -2.20. The van der Waals surface area contributed by atoms with Gasteiger partial charge in [0.15, 0.2) is 0 Å². The van der Waals surface area contributed by atoms with Gasteiger partial charge in [-0.3, -0.25) is 4.79 Å². The summed E-state index contributed by atoms with van der Waals surface area (Å²) in [4.78, 5) is 11.5. The Morgan fingerprint density at radius 1 is 1.50 bits per heavy atom. The van der Waals surface area contributed by atoms with Gasteiger partial charge in [-0.15, -0.1) is 0 Å². The average molecular weight is 303 g/mol. The molecule has 3 nitrogen and oxygen atoms in total. The number of halogens is 1. The SMILES string of the molecule is CC(N)CSCC(=O)Nc1ccc(Br)cc1. The molecule has 0 saturated heterocycles. The number of carbonyl (C=O) groups is 1. The molecule has 0 aliphatic heterocycles. The zero-order valence-electron chi connectivity index (χ0n) is 9.07. The standard InChI is InChI=1S/C11H15BrN2OS/c1-8(13)6-16-7-11(15)14-10-4-2-9(12)3-5-10/h2-5,8H,6-7,13H2,1H3,(H,14,15). The monoisotopic (exact) mass is 302 g/mol. The lowest BCUT2D eigenvalue weighted by atomic mass is 10.3. The maximum Gasteiger partial charge on any atom is 0.234 e. The molecule has 16 heavy (non-hydrogen) atoms. The second-order valence-corrected chi connectivity index (χ2v) is 5.49. The molecule has 0 saturated carbocycles. The van der Waals surface area contributed by atoms with Gasteiger partial charge in [0.05, 0.1) is 5.75 Å². The third-order valence-corrected chi connectivity index (χ3v) is 3.50. The van der Waals surface area contributed by atoms with Crippen molar-refractivity contribution in [1.29, 1.82) is 0 Å². The summed E-state index contributed by atoms with van der Waals surface area (Å²) < 4.78 is 0.997. The second-order valence-electron chi connectivity index (χ2n) is 3.55. The smallest absolute Gasteiger partial charge is 0.234 e. The highest BCUT2D eigenvalue weighted by molar-refractivity contribution is 9.10. The number of anilines is 1. The Labute approximate surface area is 108 Å². The van der Waals surface area contributed by atoms with Crippen molar-refractivity contribution in [2.45, 2.75) is 13.0 Å². The number of benzene rings is 1. The first-order valence-corrected chi connectivity index (χ1v) is 6.91. The topological polar surface area (TPSA) is 55.1 Å². The summed E-state index contributed by atoms with van der Waals surface area (Å²) in [6.45, 7) is 1.93. The Balaban J connectivity index is 2.31. The van der Waals surface area contributed by atoms with E-state index in [0.29, 0.717) is 5.75 Å². The summed E-state index contributed by atoms with van der Waals surface area (Å²) in [5.41, 5.74) is 6.40. The molecule has 0 aliphatic rings. The third kappa shape index (κ3) is 5.53. The largest absolute Gasteiger partial charge is 0.327 e. The molecular weight excluding hydrogens is 288 g/mol. The zero-order valence-corrected chi connectivity index (χ0v) is 11.5. The van der Waals surface area contributed by atoms with E-state index in [-0.39, 0.29) is 11.9 Å². The molecule has 3 N–H and O–H groups in total. The number of rotatable bonds is 5. The predicted molar refractivity (Wildman–Crippen MR) is 73.7 cm³/mol. The Bertz CT molecular complexity index is 340. The van der Waals surface area contributed by atoms with Crippen LogP contribution in [0.25, 0.3) is 0 Å². The maximum absolute atomic E-state index is 11.5. The fourth-order valence-electron chi connectivity index (χ4n) is 1.07. The summed E-state index contributed by atoms with van der Waals surface area (Å²) >= 11 is 4.88. The first kappa shape index (κ1) is 13.5. The van der Waals surface area contributed by atoms with Gasteiger partial charge in [0.1, 0.15) is 0 Å². The quantitative estimate of drug-likeness (QED) is 0.878. The minimum Gasteiger partial charge on any atom is -0.327 e. The van der Waals surface area contributed by atoms with Crippen LogP contribution >= 0.6 is 27.7 Å². The summed E-state index contributed by atoms with van der Waals surface area (Å²) in [6.07, 6.45) is 0. The molecule has 1 aromatic carbocycles. The Hall–Kier alpha value is -0.520. The van der Waals surface area contributed by atoms with E-state index in [1.165, 1.54) is 0 Å². The van der Waals surface area contributed by atoms with Crippen molar-refractivity contribution < 1.29 is 4.79 Å². The van der Waals surface area contributed by atoms with Crippen LogP contribution in [0.2, 0.25) is 0 Å². The van der Waals surface area contributed by atoms with Gasteiger partial charge in [-0.2, -0.15) is 11.8 Å². The van der Waals surface area contributed by atoms with Gasteiger partial charge in [0.2, 0.25) is 5.91 Å². The minimum atomic E-state index is 0.00738. The number of carbonyl (C=O) groups excluding carboxylic acids is 1. The van der Waals surface area contributed by atoms with Crippen LogP contribution in [0, 0.1) is 0 Å². The van der Waals surface area contributed by atoms with E-state index < -0.39 is 0 Å². The van der Waals surface area contributed by atoms with Crippen LogP contribution in [0.15, 0.2) is 28.7 Å². The Morgan fingerprint density at radius 3 is 2.69 bits per heavy atom. The molecule has 0 radical (unpaired) electrons. The number of nitrogens with one attached hydrogen (secondary N) is 1. The molecular formula is C11H15BrN2OS. The lowest BCUT2D eigenvalue weighted by Gasteiger charge is -2.06. The maximum atomic E-state index is 11.5. The second kappa shape index (κ2) is 6.93. The van der Waals surface area contributed by atoms with E-state index in [1.54, 1.807) is 11.8 Å². The highest BCUT2D eigenvalue weighted by Gasteiger charge is 2.03. The molecule has 0 aromatic heterocycles. The van der Waals surface area contributed by atoms with Crippen molar-refractivity contribution in [3.05, 3.63) is 28.7 Å².